The Balaban J connectivity index is 2.06. The maximum absolute atomic E-state index is 13.3. The molecule has 0 aliphatic rings. The fraction of sp³-hybridized carbons (Fsp3) is 0.447. The lowest BCUT2D eigenvalue weighted by Gasteiger charge is -2.22. The molecule has 0 aliphatic carbocycles. The average Bonchev–Trinajstić information content (AvgIpc) is 3.35. The number of benzene rings is 2. The summed E-state index contributed by atoms with van der Waals surface area (Å²) in [6.07, 6.45) is -2.98. The van der Waals surface area contributed by atoms with E-state index in [0.717, 1.165) is 0 Å². The number of nitrogens with two attached hydrogens (primary N) is 4. The van der Waals surface area contributed by atoms with Gasteiger partial charge < -0.3 is 85.9 Å². The van der Waals surface area contributed by atoms with Crippen LogP contribution >= 0.6 is 0 Å². The number of carbonyl (C=O) groups excluding carboxylic acids is 8. The van der Waals surface area contributed by atoms with E-state index in [0.29, 0.717) is 11.1 Å². The molecule has 0 saturated carbocycles. The molecule has 6 atom stereocenters. The lowest BCUT2D eigenvalue weighted by Crippen LogP contribution is -2.55. The van der Waals surface area contributed by atoms with Gasteiger partial charge >= 0.3 is 23.9 Å². The Morgan fingerprint density at radius 3 is 1.06 bits per heavy atom. The third-order valence-electron chi connectivity index (χ3n) is 10.7. The van der Waals surface area contributed by atoms with Crippen LogP contribution < -0.4 is 65.5 Å². The Labute approximate surface area is 440 Å². The van der Waals surface area contributed by atoms with Gasteiger partial charge in [-0.05, 0) is 43.2 Å². The molecule has 0 heterocycles. The van der Waals surface area contributed by atoms with Crippen LogP contribution in [0.3, 0.4) is 0 Å². The van der Waals surface area contributed by atoms with E-state index in [1.807, 2.05) is 0 Å². The predicted octanol–water partition coefficient (Wildman–Crippen LogP) is -4.99. The van der Waals surface area contributed by atoms with Crippen molar-refractivity contribution in [3.05, 3.63) is 71.8 Å². The number of carbonyl (C=O) groups is 12. The molecule has 420 valence electrons. The SMILES string of the molecule is NC(N)=NCCC[C@H](NC(=O)CCCC(=O)N[C@H](CCCN=C(N)N)C(=O)NCC(=O)N[C@H](CC(=O)O)C(=O)N[C@H](Cc1ccccc1)C(=O)O)C(=O)NCC(=O)N[C@@H](CC(=O)O)C(=O)N[C@@H](Cc1ccccc1)C(=O)O. The molecular formula is C47H66N14O16. The third-order valence-corrected chi connectivity index (χ3v) is 10.7. The van der Waals surface area contributed by atoms with Gasteiger partial charge in [0.15, 0.2) is 11.9 Å². The summed E-state index contributed by atoms with van der Waals surface area (Å²) in [6, 6.07) is 7.30. The fourth-order valence-electron chi connectivity index (χ4n) is 6.97. The summed E-state index contributed by atoms with van der Waals surface area (Å²) in [6.45, 7) is -1.61. The second-order valence-corrected chi connectivity index (χ2v) is 17.0. The molecule has 30 nitrogen and oxygen atoms in total. The third kappa shape index (κ3) is 27.5. The number of guanidine groups is 2. The van der Waals surface area contributed by atoms with E-state index in [2.05, 4.69) is 52.5 Å². The van der Waals surface area contributed by atoms with E-state index in [-0.39, 0.29) is 82.8 Å². The van der Waals surface area contributed by atoms with E-state index < -0.39 is 133 Å². The topological polar surface area (TPSA) is 511 Å². The van der Waals surface area contributed by atoms with Crippen molar-refractivity contribution < 1.29 is 78.0 Å². The van der Waals surface area contributed by atoms with Crippen molar-refractivity contribution in [3.8, 4) is 0 Å². The molecular weight excluding hydrogens is 1020 g/mol. The molecule has 0 aliphatic heterocycles. The van der Waals surface area contributed by atoms with Crippen molar-refractivity contribution in [2.24, 2.45) is 32.9 Å². The van der Waals surface area contributed by atoms with Crippen LogP contribution in [0.25, 0.3) is 0 Å². The highest BCUT2D eigenvalue weighted by atomic mass is 16.4. The molecule has 0 spiro atoms. The highest BCUT2D eigenvalue weighted by Crippen LogP contribution is 2.08. The Morgan fingerprint density at radius 1 is 0.416 bits per heavy atom. The number of aliphatic carboxylic acids is 4. The maximum Gasteiger partial charge on any atom is 0.326 e. The molecule has 0 saturated heterocycles. The minimum Gasteiger partial charge on any atom is -0.481 e. The van der Waals surface area contributed by atoms with Gasteiger partial charge in [0, 0.05) is 38.8 Å². The van der Waals surface area contributed by atoms with Gasteiger partial charge in [0.25, 0.3) is 0 Å². The minimum absolute atomic E-state index is 0.0224. The number of aliphatic imine (C=N–C) groups is 2. The molecule has 2 aromatic carbocycles. The average molecular weight is 1080 g/mol. The van der Waals surface area contributed by atoms with Crippen LogP contribution in [0, 0.1) is 0 Å². The van der Waals surface area contributed by atoms with Crippen LogP contribution in [-0.2, 0) is 70.4 Å². The van der Waals surface area contributed by atoms with E-state index in [4.69, 9.17) is 22.9 Å². The smallest absolute Gasteiger partial charge is 0.326 e. The van der Waals surface area contributed by atoms with Crippen molar-refractivity contribution in [1.82, 2.24) is 42.5 Å². The van der Waals surface area contributed by atoms with Gasteiger partial charge in [0.05, 0.1) is 25.9 Å². The first-order valence-electron chi connectivity index (χ1n) is 23.8. The maximum atomic E-state index is 13.3. The van der Waals surface area contributed by atoms with Gasteiger partial charge in [-0.15, -0.1) is 0 Å². The summed E-state index contributed by atoms with van der Waals surface area (Å²) in [5, 5.41) is 56.5. The molecule has 0 aromatic heterocycles. The molecule has 0 unspecified atom stereocenters. The molecule has 2 rings (SSSR count). The van der Waals surface area contributed by atoms with Crippen LogP contribution in [0.2, 0.25) is 0 Å². The molecule has 0 fully saturated rings. The molecule has 0 bridgehead atoms. The highest BCUT2D eigenvalue weighted by Gasteiger charge is 2.31. The van der Waals surface area contributed by atoms with Gasteiger partial charge in [-0.25, -0.2) is 9.59 Å². The molecule has 2 aromatic rings. The van der Waals surface area contributed by atoms with E-state index in [1.54, 1.807) is 60.7 Å². The first-order valence-corrected chi connectivity index (χ1v) is 23.8. The van der Waals surface area contributed by atoms with Crippen molar-refractivity contribution in [1.29, 1.82) is 0 Å². The zero-order valence-corrected chi connectivity index (χ0v) is 41.7. The number of hydrogen-bond donors (Lipinski definition) is 16. The lowest BCUT2D eigenvalue weighted by atomic mass is 10.1. The van der Waals surface area contributed by atoms with Gasteiger partial charge in [-0.3, -0.25) is 57.9 Å². The number of carboxylic acids is 4. The largest absolute Gasteiger partial charge is 0.481 e. The number of hydrogen-bond acceptors (Lipinski definition) is 14. The van der Waals surface area contributed by atoms with Crippen LogP contribution in [0.1, 0.15) is 68.9 Å². The Morgan fingerprint density at radius 2 is 0.753 bits per heavy atom. The summed E-state index contributed by atoms with van der Waals surface area (Å²) >= 11 is 0. The zero-order valence-electron chi connectivity index (χ0n) is 41.7. The lowest BCUT2D eigenvalue weighted by molar-refractivity contribution is -0.144. The summed E-state index contributed by atoms with van der Waals surface area (Å²) in [5.74, 6) is -14.0. The quantitative estimate of drug-likeness (QED) is 0.0173. The number of nitrogens with one attached hydrogen (secondary N) is 8. The van der Waals surface area contributed by atoms with Crippen LogP contribution in [-0.4, -0.2) is 166 Å². The normalized spacial score (nSPS) is 12.9. The number of nitrogens with zero attached hydrogens (tertiary/aromatic N) is 2. The Bertz CT molecular complexity index is 2270. The van der Waals surface area contributed by atoms with Gasteiger partial charge in [0.1, 0.15) is 36.3 Å². The molecule has 8 amide bonds. The van der Waals surface area contributed by atoms with Crippen molar-refractivity contribution >= 4 is 83.1 Å². The summed E-state index contributed by atoms with van der Waals surface area (Å²) in [7, 11) is 0. The number of rotatable bonds is 36. The molecule has 77 heavy (non-hydrogen) atoms. The summed E-state index contributed by atoms with van der Waals surface area (Å²) in [4.78, 5) is 159. The van der Waals surface area contributed by atoms with Crippen LogP contribution in [0.5, 0.6) is 0 Å². The second-order valence-electron chi connectivity index (χ2n) is 17.0. The fourth-order valence-corrected chi connectivity index (χ4v) is 6.97. The highest BCUT2D eigenvalue weighted by molar-refractivity contribution is 5.96. The Kier molecular flexibility index (Phi) is 28.3. The Hall–Kier alpha value is -9.38. The van der Waals surface area contributed by atoms with Crippen LogP contribution in [0.15, 0.2) is 70.6 Å². The molecule has 20 N–H and O–H groups in total. The standard InChI is InChI=1S/C47H66N14O16/c48-46(49)52-18-8-14-28(40(70)54-24-36(64)58-30(22-38(66)67)42(72)60-32(44(74)75)20-26-10-3-1-4-11-26)56-34(62)16-7-17-35(63)57-29(15-9-19-53-47(50)51)41(71)55-25-37(65)59-31(23-39(68)69)43(73)61-33(45(76)77)21-27-12-5-2-6-13-27/h1-6,10-13,28-33H,7-9,14-25H2,(H,54,70)(H,55,71)(H,56,62)(H,57,63)(H,58,64)(H,59,65)(H,60,72)(H,61,73)(H,66,67)(H,68,69)(H,74,75)(H,76,77)(H4,48,49,52)(H4,50,51,53)/t28-,29+,30-,31+,32-,33+. The number of amides is 8. The zero-order chi connectivity index (χ0) is 57.5. The number of carboxylic acid groups (broad SMARTS) is 4. The van der Waals surface area contributed by atoms with Gasteiger partial charge in [0.2, 0.25) is 47.3 Å². The first kappa shape index (κ1) is 63.7. The predicted molar refractivity (Wildman–Crippen MR) is 271 cm³/mol. The second kappa shape index (κ2) is 34.2. The summed E-state index contributed by atoms with van der Waals surface area (Å²) < 4.78 is 0. The molecule has 0 radical (unpaired) electrons. The minimum atomic E-state index is -1.76. The van der Waals surface area contributed by atoms with E-state index >= 15 is 0 Å². The monoisotopic (exact) mass is 1080 g/mol. The van der Waals surface area contributed by atoms with Gasteiger partial charge in [-0.1, -0.05) is 60.7 Å². The molecule has 30 heteroatoms. The van der Waals surface area contributed by atoms with Crippen molar-refractivity contribution in [3.63, 3.8) is 0 Å². The summed E-state index contributed by atoms with van der Waals surface area (Å²) in [5.41, 5.74) is 22.6. The van der Waals surface area contributed by atoms with E-state index in [1.165, 1.54) is 0 Å². The van der Waals surface area contributed by atoms with Crippen molar-refractivity contribution in [2.45, 2.75) is 107 Å². The van der Waals surface area contributed by atoms with Crippen molar-refractivity contribution in [2.75, 3.05) is 26.2 Å². The first-order chi connectivity index (χ1) is 36.4. The van der Waals surface area contributed by atoms with Gasteiger partial charge in [-0.2, -0.15) is 0 Å². The van der Waals surface area contributed by atoms with Crippen LogP contribution in [0.4, 0.5) is 0 Å². The van der Waals surface area contributed by atoms with E-state index in [9.17, 15) is 78.0 Å².